The van der Waals surface area contributed by atoms with Crippen LogP contribution in [0.25, 0.3) is 10.9 Å². The van der Waals surface area contributed by atoms with Crippen molar-refractivity contribution >= 4 is 52.3 Å². The largest absolute Gasteiger partial charge is 0.488 e. The monoisotopic (exact) mass is 552 g/mol. The number of carbonyl (C=O) groups is 2. The number of fused-ring (bicyclic) bond motifs is 1. The van der Waals surface area contributed by atoms with Crippen LogP contribution in [0.2, 0.25) is 10.0 Å². The van der Waals surface area contributed by atoms with Gasteiger partial charge in [-0.15, -0.1) is 0 Å². The summed E-state index contributed by atoms with van der Waals surface area (Å²) in [5, 5.41) is 8.76. The van der Waals surface area contributed by atoms with E-state index in [1.165, 1.54) is 6.21 Å². The van der Waals surface area contributed by atoms with Crippen molar-refractivity contribution in [1.29, 1.82) is 0 Å². The summed E-state index contributed by atoms with van der Waals surface area (Å²) in [4.78, 5) is 28.4. The summed E-state index contributed by atoms with van der Waals surface area (Å²) >= 11 is 12.2. The zero-order valence-corrected chi connectivity index (χ0v) is 22.1. The summed E-state index contributed by atoms with van der Waals surface area (Å²) in [5.74, 6) is 0.00961. The van der Waals surface area contributed by atoms with Gasteiger partial charge in [-0.2, -0.15) is 5.10 Å². The third-order valence-electron chi connectivity index (χ3n) is 5.62. The van der Waals surface area contributed by atoms with Crippen molar-refractivity contribution in [2.75, 3.05) is 6.61 Å². The summed E-state index contributed by atoms with van der Waals surface area (Å²) in [6.07, 6.45) is 2.79. The van der Waals surface area contributed by atoms with Crippen molar-refractivity contribution in [3.05, 3.63) is 99.7 Å². The number of nitrogens with zero attached hydrogens (tertiary/aromatic N) is 1. The number of benzene rings is 3. The first kappa shape index (κ1) is 27.0. The quantitative estimate of drug-likeness (QED) is 0.169. The van der Waals surface area contributed by atoms with Crippen molar-refractivity contribution in [3.63, 3.8) is 0 Å². The Kier molecular flexibility index (Phi) is 9.24. The number of H-pyrrole nitrogens is 1. The van der Waals surface area contributed by atoms with Gasteiger partial charge in [0.2, 0.25) is 0 Å². The summed E-state index contributed by atoms with van der Waals surface area (Å²) < 4.78 is 10.9. The van der Waals surface area contributed by atoms with E-state index in [4.69, 9.17) is 32.7 Å². The summed E-state index contributed by atoms with van der Waals surface area (Å²) in [5.41, 5.74) is 5.76. The van der Waals surface area contributed by atoms with Crippen LogP contribution >= 0.6 is 23.2 Å². The van der Waals surface area contributed by atoms with Crippen LogP contribution in [0.1, 0.15) is 23.6 Å². The van der Waals surface area contributed by atoms with Crippen molar-refractivity contribution in [3.8, 4) is 5.75 Å². The van der Waals surface area contributed by atoms with Crippen LogP contribution < -0.4 is 15.5 Å². The molecule has 2 amide bonds. The van der Waals surface area contributed by atoms with Crippen LogP contribution in [0, 0.1) is 0 Å². The second-order valence-corrected chi connectivity index (χ2v) is 9.19. The Morgan fingerprint density at radius 2 is 1.87 bits per heavy atom. The van der Waals surface area contributed by atoms with E-state index in [1.54, 1.807) is 31.2 Å². The van der Waals surface area contributed by atoms with Crippen LogP contribution in [-0.2, 0) is 22.6 Å². The normalized spacial score (nSPS) is 11.9. The number of alkyl carbamates (subject to hydrolysis) is 1. The number of hydrogen-bond donors (Lipinski definition) is 3. The van der Waals surface area contributed by atoms with Gasteiger partial charge in [-0.05, 0) is 54.4 Å². The molecule has 0 radical (unpaired) electrons. The highest BCUT2D eigenvalue weighted by atomic mass is 35.5. The number of ether oxygens (including phenoxy) is 2. The number of hydrazone groups is 1. The first-order valence-corrected chi connectivity index (χ1v) is 12.7. The molecule has 0 saturated heterocycles. The summed E-state index contributed by atoms with van der Waals surface area (Å²) in [6.45, 7) is 2.15. The van der Waals surface area contributed by atoms with Crippen LogP contribution in [0.3, 0.4) is 0 Å². The number of hydrogen-bond acceptors (Lipinski definition) is 5. The Labute approximate surface area is 229 Å². The molecule has 196 valence electrons. The summed E-state index contributed by atoms with van der Waals surface area (Å²) in [7, 11) is 0. The highest BCUT2D eigenvalue weighted by molar-refractivity contribution is 6.31. The minimum atomic E-state index is -0.927. The van der Waals surface area contributed by atoms with Gasteiger partial charge in [0.05, 0.1) is 12.8 Å². The van der Waals surface area contributed by atoms with Gasteiger partial charge in [-0.1, -0.05) is 53.5 Å². The van der Waals surface area contributed by atoms with E-state index in [2.05, 4.69) is 20.8 Å². The van der Waals surface area contributed by atoms with Crippen molar-refractivity contribution in [1.82, 2.24) is 15.7 Å². The van der Waals surface area contributed by atoms with E-state index in [1.807, 2.05) is 48.7 Å². The molecule has 1 atom stereocenters. The zero-order valence-electron chi connectivity index (χ0n) is 20.5. The zero-order chi connectivity index (χ0) is 26.9. The van der Waals surface area contributed by atoms with Crippen LogP contribution in [0.4, 0.5) is 4.79 Å². The Morgan fingerprint density at radius 1 is 1.05 bits per heavy atom. The van der Waals surface area contributed by atoms with Crippen LogP contribution in [-0.4, -0.2) is 35.8 Å². The number of nitrogens with one attached hydrogen (secondary N) is 3. The third-order valence-corrected chi connectivity index (χ3v) is 6.09. The lowest BCUT2D eigenvalue weighted by Crippen LogP contribution is -2.47. The molecule has 0 bridgehead atoms. The van der Waals surface area contributed by atoms with Crippen LogP contribution in [0.15, 0.2) is 78.0 Å². The molecule has 0 saturated carbocycles. The van der Waals surface area contributed by atoms with E-state index < -0.39 is 18.0 Å². The first-order chi connectivity index (χ1) is 18.4. The SMILES string of the molecule is CCOC(=O)N[C@H](Cc1c[nH]c2ccccc12)C(=O)N/N=C\c1cc(Cl)ccc1OCc1cccc(Cl)c1. The standard InChI is InChI=1S/C28H26Cl2N4O4/c1-2-37-28(36)33-25(14-19-15-31-24-9-4-3-8-23(19)24)27(35)34-32-16-20-13-22(30)10-11-26(20)38-17-18-6-5-7-21(29)12-18/h3-13,15-16,25,31H,2,14,17H2,1H3,(H,33,36)(H,34,35)/b32-16-/t25-/m1/s1. The highest BCUT2D eigenvalue weighted by Crippen LogP contribution is 2.23. The van der Waals surface area contributed by atoms with E-state index in [0.717, 1.165) is 22.0 Å². The number of amides is 2. The predicted molar refractivity (Wildman–Crippen MR) is 149 cm³/mol. The third kappa shape index (κ3) is 7.27. The molecule has 3 aromatic carbocycles. The molecule has 1 aromatic heterocycles. The van der Waals surface area contributed by atoms with E-state index in [-0.39, 0.29) is 19.6 Å². The highest BCUT2D eigenvalue weighted by Gasteiger charge is 2.23. The fourth-order valence-electron chi connectivity index (χ4n) is 3.83. The van der Waals surface area contributed by atoms with Gasteiger partial charge in [0.15, 0.2) is 0 Å². The maximum absolute atomic E-state index is 13.1. The lowest BCUT2D eigenvalue weighted by atomic mass is 10.0. The molecule has 4 rings (SSSR count). The van der Waals surface area contributed by atoms with E-state index in [9.17, 15) is 9.59 Å². The molecule has 4 aromatic rings. The van der Waals surface area contributed by atoms with Gasteiger partial charge in [0.1, 0.15) is 18.4 Å². The van der Waals surface area contributed by atoms with Gasteiger partial charge in [0, 0.05) is 39.1 Å². The molecule has 3 N–H and O–H groups in total. The molecular weight excluding hydrogens is 527 g/mol. The fourth-order valence-corrected chi connectivity index (χ4v) is 4.22. The second kappa shape index (κ2) is 13.0. The summed E-state index contributed by atoms with van der Waals surface area (Å²) in [6, 6.07) is 19.2. The van der Waals surface area contributed by atoms with Gasteiger partial charge in [0.25, 0.3) is 5.91 Å². The smallest absolute Gasteiger partial charge is 0.407 e. The van der Waals surface area contributed by atoms with Gasteiger partial charge < -0.3 is 19.8 Å². The van der Waals surface area contributed by atoms with Crippen LogP contribution in [0.5, 0.6) is 5.75 Å². The Balaban J connectivity index is 1.47. The number of carbonyl (C=O) groups excluding carboxylic acids is 2. The lowest BCUT2D eigenvalue weighted by Gasteiger charge is -2.16. The average molecular weight is 553 g/mol. The average Bonchev–Trinajstić information content (AvgIpc) is 3.31. The number of halogens is 2. The van der Waals surface area contributed by atoms with Crippen molar-refractivity contribution < 1.29 is 19.1 Å². The van der Waals surface area contributed by atoms with E-state index in [0.29, 0.717) is 21.4 Å². The lowest BCUT2D eigenvalue weighted by molar-refractivity contribution is -0.123. The first-order valence-electron chi connectivity index (χ1n) is 11.9. The molecule has 1 heterocycles. The molecule has 0 aliphatic rings. The van der Waals surface area contributed by atoms with Gasteiger partial charge >= 0.3 is 6.09 Å². The second-order valence-electron chi connectivity index (χ2n) is 8.32. The van der Waals surface area contributed by atoms with Gasteiger partial charge in [-0.25, -0.2) is 10.2 Å². The molecular formula is C28H26Cl2N4O4. The minimum Gasteiger partial charge on any atom is -0.488 e. The molecule has 0 aliphatic carbocycles. The molecule has 0 unspecified atom stereocenters. The molecule has 0 spiro atoms. The van der Waals surface area contributed by atoms with Crippen molar-refractivity contribution in [2.24, 2.45) is 5.10 Å². The maximum atomic E-state index is 13.1. The fraction of sp³-hybridized carbons (Fsp3) is 0.179. The Bertz CT molecular complexity index is 1450. The molecule has 8 nitrogen and oxygen atoms in total. The molecule has 0 aliphatic heterocycles. The number of para-hydroxylation sites is 1. The minimum absolute atomic E-state index is 0.179. The van der Waals surface area contributed by atoms with E-state index >= 15 is 0 Å². The molecule has 38 heavy (non-hydrogen) atoms. The molecule has 0 fully saturated rings. The number of rotatable bonds is 10. The predicted octanol–water partition coefficient (Wildman–Crippen LogP) is 5.86. The Morgan fingerprint density at radius 3 is 2.68 bits per heavy atom. The number of aromatic nitrogens is 1. The number of aromatic amines is 1. The topological polar surface area (TPSA) is 105 Å². The molecule has 10 heteroatoms. The maximum Gasteiger partial charge on any atom is 0.407 e. The van der Waals surface area contributed by atoms with Gasteiger partial charge in [-0.3, -0.25) is 4.79 Å². The van der Waals surface area contributed by atoms with Crippen molar-refractivity contribution in [2.45, 2.75) is 26.0 Å². The Hall–Kier alpha value is -4.01.